The van der Waals surface area contributed by atoms with Crippen LogP contribution in [0.2, 0.25) is 0 Å². The molecular formula is C16H26N4O4S. The van der Waals surface area contributed by atoms with E-state index in [1.807, 2.05) is 6.07 Å². The first-order chi connectivity index (χ1) is 11.8. The quantitative estimate of drug-likeness (QED) is 0.333. The minimum atomic E-state index is -3.22. The third-order valence-corrected chi connectivity index (χ3v) is 4.62. The molecule has 0 aliphatic carbocycles. The van der Waals surface area contributed by atoms with Gasteiger partial charge < -0.3 is 20.7 Å². The normalized spacial score (nSPS) is 11.9. The van der Waals surface area contributed by atoms with E-state index >= 15 is 0 Å². The number of nitrogens with one attached hydrogen (secondary N) is 3. The number of ether oxygens (including phenoxy) is 1. The Bertz CT molecular complexity index is 717. The second-order valence-electron chi connectivity index (χ2n) is 5.49. The number of guanidine groups is 1. The van der Waals surface area contributed by atoms with Gasteiger partial charge in [0.2, 0.25) is 5.91 Å². The monoisotopic (exact) mass is 370 g/mol. The van der Waals surface area contributed by atoms with Crippen molar-refractivity contribution in [2.24, 2.45) is 4.99 Å². The van der Waals surface area contributed by atoms with Gasteiger partial charge in [0.05, 0.1) is 18.0 Å². The van der Waals surface area contributed by atoms with E-state index in [2.05, 4.69) is 20.9 Å². The van der Waals surface area contributed by atoms with Crippen LogP contribution in [0.1, 0.15) is 11.1 Å². The lowest BCUT2D eigenvalue weighted by Crippen LogP contribution is -2.43. The van der Waals surface area contributed by atoms with Crippen molar-refractivity contribution in [3.63, 3.8) is 0 Å². The minimum absolute atomic E-state index is 0.0927. The maximum atomic E-state index is 11.6. The van der Waals surface area contributed by atoms with Crippen LogP contribution in [0.3, 0.4) is 0 Å². The summed E-state index contributed by atoms with van der Waals surface area (Å²) in [5, 5.41) is 8.68. The summed E-state index contributed by atoms with van der Waals surface area (Å²) in [6, 6.07) is 5.16. The number of rotatable bonds is 8. The Morgan fingerprint density at radius 1 is 1.24 bits per heavy atom. The smallest absolute Gasteiger partial charge is 0.239 e. The molecule has 1 rings (SSSR count). The van der Waals surface area contributed by atoms with Gasteiger partial charge >= 0.3 is 0 Å². The third kappa shape index (κ3) is 7.53. The van der Waals surface area contributed by atoms with Crippen LogP contribution in [0.15, 0.2) is 28.1 Å². The van der Waals surface area contributed by atoms with E-state index in [-0.39, 0.29) is 12.5 Å². The van der Waals surface area contributed by atoms with Crippen molar-refractivity contribution in [1.29, 1.82) is 0 Å². The fourth-order valence-electron chi connectivity index (χ4n) is 2.16. The average Bonchev–Trinajstić information content (AvgIpc) is 2.54. The van der Waals surface area contributed by atoms with Crippen LogP contribution in [0.4, 0.5) is 0 Å². The van der Waals surface area contributed by atoms with E-state index in [4.69, 9.17) is 4.74 Å². The van der Waals surface area contributed by atoms with Gasteiger partial charge in [-0.05, 0) is 24.1 Å². The molecule has 0 heterocycles. The molecule has 0 saturated heterocycles. The SMILES string of the molecule is CN=C(NCC(=O)NCCOC)NCc1ccc(S(C)(=O)=O)c(C)c1. The van der Waals surface area contributed by atoms with Gasteiger partial charge in [0.25, 0.3) is 0 Å². The standard InChI is InChI=1S/C16H26N4O4S/c1-12-9-13(5-6-14(12)25(4,22)23)10-19-16(17-2)20-11-15(21)18-7-8-24-3/h5-6,9H,7-8,10-11H2,1-4H3,(H,18,21)(H2,17,19,20). The van der Waals surface area contributed by atoms with Gasteiger partial charge in [-0.3, -0.25) is 9.79 Å². The number of benzene rings is 1. The number of carbonyl (C=O) groups is 1. The Kier molecular flexibility index (Phi) is 8.36. The highest BCUT2D eigenvalue weighted by molar-refractivity contribution is 7.90. The lowest BCUT2D eigenvalue weighted by Gasteiger charge is -2.13. The molecule has 0 aliphatic heterocycles. The van der Waals surface area contributed by atoms with Crippen LogP contribution in [0, 0.1) is 6.92 Å². The molecule has 0 radical (unpaired) electrons. The average molecular weight is 370 g/mol. The Hall–Kier alpha value is -2.13. The van der Waals surface area contributed by atoms with E-state index in [9.17, 15) is 13.2 Å². The van der Waals surface area contributed by atoms with Gasteiger partial charge in [-0.2, -0.15) is 0 Å². The first-order valence-corrected chi connectivity index (χ1v) is 9.66. The summed E-state index contributed by atoms with van der Waals surface area (Å²) in [5.41, 5.74) is 1.61. The third-order valence-electron chi connectivity index (χ3n) is 3.37. The van der Waals surface area contributed by atoms with Gasteiger partial charge in [0.15, 0.2) is 15.8 Å². The van der Waals surface area contributed by atoms with Crippen molar-refractivity contribution in [2.75, 3.05) is 40.1 Å². The number of hydrogen-bond acceptors (Lipinski definition) is 5. The molecule has 25 heavy (non-hydrogen) atoms. The van der Waals surface area contributed by atoms with Gasteiger partial charge in [-0.1, -0.05) is 12.1 Å². The van der Waals surface area contributed by atoms with Crippen molar-refractivity contribution in [3.05, 3.63) is 29.3 Å². The van der Waals surface area contributed by atoms with Gasteiger partial charge in [-0.15, -0.1) is 0 Å². The molecule has 0 bridgehead atoms. The molecule has 0 aromatic heterocycles. The van der Waals surface area contributed by atoms with E-state index in [1.54, 1.807) is 33.2 Å². The summed E-state index contributed by atoms with van der Waals surface area (Å²) in [7, 11) is -0.0468. The summed E-state index contributed by atoms with van der Waals surface area (Å²) >= 11 is 0. The van der Waals surface area contributed by atoms with Crippen LogP contribution < -0.4 is 16.0 Å². The van der Waals surface area contributed by atoms with Crippen molar-refractivity contribution in [3.8, 4) is 0 Å². The van der Waals surface area contributed by atoms with Crippen molar-refractivity contribution in [1.82, 2.24) is 16.0 Å². The van der Waals surface area contributed by atoms with Gasteiger partial charge in [0, 0.05) is 33.5 Å². The van der Waals surface area contributed by atoms with E-state index in [0.29, 0.717) is 36.1 Å². The van der Waals surface area contributed by atoms with Crippen molar-refractivity contribution >= 4 is 21.7 Å². The highest BCUT2D eigenvalue weighted by Crippen LogP contribution is 2.16. The van der Waals surface area contributed by atoms with Crippen LogP contribution in [0.5, 0.6) is 0 Å². The zero-order valence-electron chi connectivity index (χ0n) is 15.0. The number of aryl methyl sites for hydroxylation is 1. The second-order valence-corrected chi connectivity index (χ2v) is 7.48. The molecule has 9 heteroatoms. The predicted molar refractivity (Wildman–Crippen MR) is 97.4 cm³/mol. The molecule has 0 unspecified atom stereocenters. The topological polar surface area (TPSA) is 109 Å². The number of amides is 1. The molecule has 140 valence electrons. The first kappa shape index (κ1) is 20.9. The lowest BCUT2D eigenvalue weighted by atomic mass is 10.1. The molecule has 3 N–H and O–H groups in total. The zero-order valence-corrected chi connectivity index (χ0v) is 15.9. The molecule has 1 aromatic carbocycles. The van der Waals surface area contributed by atoms with Crippen LogP contribution in [-0.2, 0) is 25.9 Å². The molecular weight excluding hydrogens is 344 g/mol. The molecule has 0 aliphatic rings. The molecule has 8 nitrogen and oxygen atoms in total. The van der Waals surface area contributed by atoms with E-state index in [0.717, 1.165) is 5.56 Å². The minimum Gasteiger partial charge on any atom is -0.383 e. The predicted octanol–water partition coefficient (Wildman–Crippen LogP) is -0.174. The Balaban J connectivity index is 2.52. The summed E-state index contributed by atoms with van der Waals surface area (Å²) in [6.45, 7) is 3.22. The number of sulfone groups is 1. The van der Waals surface area contributed by atoms with E-state index in [1.165, 1.54) is 6.26 Å². The highest BCUT2D eigenvalue weighted by atomic mass is 32.2. The van der Waals surface area contributed by atoms with E-state index < -0.39 is 9.84 Å². The lowest BCUT2D eigenvalue weighted by molar-refractivity contribution is -0.120. The largest absolute Gasteiger partial charge is 0.383 e. The second kappa shape index (κ2) is 10.00. The maximum absolute atomic E-state index is 11.6. The maximum Gasteiger partial charge on any atom is 0.239 e. The molecule has 0 spiro atoms. The van der Waals surface area contributed by atoms with Crippen LogP contribution in [0.25, 0.3) is 0 Å². The van der Waals surface area contributed by atoms with Crippen LogP contribution in [-0.4, -0.2) is 60.4 Å². The summed E-state index contributed by atoms with van der Waals surface area (Å²) < 4.78 is 28.1. The summed E-state index contributed by atoms with van der Waals surface area (Å²) in [4.78, 5) is 16.0. The Morgan fingerprint density at radius 3 is 2.52 bits per heavy atom. The highest BCUT2D eigenvalue weighted by Gasteiger charge is 2.11. The zero-order chi connectivity index (χ0) is 18.9. The molecule has 0 fully saturated rings. The number of aliphatic imine (C=N–C) groups is 1. The first-order valence-electron chi connectivity index (χ1n) is 7.77. The Labute approximate surface area is 149 Å². The van der Waals surface area contributed by atoms with Gasteiger partial charge in [-0.25, -0.2) is 8.42 Å². The molecule has 0 atom stereocenters. The van der Waals surface area contributed by atoms with Crippen molar-refractivity contribution in [2.45, 2.75) is 18.4 Å². The molecule has 1 amide bonds. The Morgan fingerprint density at radius 2 is 1.96 bits per heavy atom. The van der Waals surface area contributed by atoms with Crippen molar-refractivity contribution < 1.29 is 17.9 Å². The number of methoxy groups -OCH3 is 1. The number of hydrogen-bond donors (Lipinski definition) is 3. The molecule has 0 saturated carbocycles. The fraction of sp³-hybridized carbons (Fsp3) is 0.500. The van der Waals surface area contributed by atoms with Gasteiger partial charge in [0.1, 0.15) is 0 Å². The molecule has 1 aromatic rings. The number of nitrogens with zero attached hydrogens (tertiary/aromatic N) is 1. The fourth-order valence-corrected chi connectivity index (χ4v) is 3.12. The summed E-state index contributed by atoms with van der Waals surface area (Å²) in [5.74, 6) is 0.320. The van der Waals surface area contributed by atoms with Crippen LogP contribution >= 0.6 is 0 Å². The summed E-state index contributed by atoms with van der Waals surface area (Å²) in [6.07, 6.45) is 1.19. The number of carbonyl (C=O) groups excluding carboxylic acids is 1.